The zero-order valence-electron chi connectivity index (χ0n) is 13.3. The van der Waals surface area contributed by atoms with Crippen LogP contribution in [0.4, 0.5) is 5.00 Å². The number of nitriles is 1. The molecule has 0 bridgehead atoms. The van der Waals surface area contributed by atoms with Crippen molar-refractivity contribution in [3.63, 3.8) is 0 Å². The molecule has 1 N–H and O–H groups in total. The minimum atomic E-state index is -0.337. The molecule has 0 unspecified atom stereocenters. The third-order valence-electron chi connectivity index (χ3n) is 3.61. The zero-order valence-corrected chi connectivity index (χ0v) is 15.7. The molecule has 122 valence electrons. The molecule has 0 aliphatic carbocycles. The molecule has 1 atom stereocenters. The molecule has 3 aromatic heterocycles. The maximum atomic E-state index is 12.4. The van der Waals surface area contributed by atoms with Gasteiger partial charge in [-0.1, -0.05) is 11.8 Å². The number of anilines is 1. The zero-order chi connectivity index (χ0) is 17.3. The Bertz CT molecular complexity index is 954. The van der Waals surface area contributed by atoms with Crippen LogP contribution in [0, 0.1) is 25.2 Å². The van der Waals surface area contributed by atoms with E-state index < -0.39 is 0 Å². The van der Waals surface area contributed by atoms with Crippen molar-refractivity contribution in [1.82, 2.24) is 9.97 Å². The van der Waals surface area contributed by atoms with E-state index in [1.165, 1.54) is 34.3 Å². The first-order chi connectivity index (χ1) is 11.5. The van der Waals surface area contributed by atoms with Crippen molar-refractivity contribution in [2.24, 2.45) is 0 Å². The lowest BCUT2D eigenvalue weighted by molar-refractivity contribution is -0.115. The van der Waals surface area contributed by atoms with Crippen LogP contribution >= 0.6 is 34.4 Å². The van der Waals surface area contributed by atoms with Crippen molar-refractivity contribution in [2.45, 2.75) is 31.0 Å². The van der Waals surface area contributed by atoms with Crippen LogP contribution in [-0.4, -0.2) is 21.1 Å². The summed E-state index contributed by atoms with van der Waals surface area (Å²) in [6.07, 6.45) is 1.54. The normalized spacial score (nSPS) is 12.1. The van der Waals surface area contributed by atoms with Crippen LogP contribution in [0.25, 0.3) is 10.2 Å². The molecule has 0 spiro atoms. The number of carbonyl (C=O) groups is 1. The lowest BCUT2D eigenvalue weighted by Crippen LogP contribution is -2.22. The number of amides is 1. The number of nitrogens with one attached hydrogen (secondary N) is 1. The Balaban J connectivity index is 1.81. The van der Waals surface area contributed by atoms with E-state index in [4.69, 9.17) is 5.26 Å². The maximum Gasteiger partial charge on any atom is 0.238 e. The minimum Gasteiger partial charge on any atom is -0.316 e. The summed E-state index contributed by atoms with van der Waals surface area (Å²) in [6.45, 7) is 5.95. The van der Waals surface area contributed by atoms with Gasteiger partial charge in [-0.2, -0.15) is 5.26 Å². The standard InChI is InChI=1S/C16H14N4OS3/c1-8-9(2)23-15-12(8)16(19-7-18-15)24-10(3)13(21)20-14-11(6-17)4-5-22-14/h4-5,7,10H,1-3H3,(H,20,21)/t10-/m1/s1. The summed E-state index contributed by atoms with van der Waals surface area (Å²) in [7, 11) is 0. The van der Waals surface area contributed by atoms with Crippen molar-refractivity contribution in [1.29, 1.82) is 5.26 Å². The third kappa shape index (κ3) is 3.15. The van der Waals surface area contributed by atoms with Crippen LogP contribution in [0.1, 0.15) is 22.9 Å². The number of nitrogens with zero attached hydrogens (tertiary/aromatic N) is 3. The van der Waals surface area contributed by atoms with Gasteiger partial charge in [0.1, 0.15) is 27.3 Å². The highest BCUT2D eigenvalue weighted by Gasteiger charge is 2.20. The van der Waals surface area contributed by atoms with Gasteiger partial charge < -0.3 is 5.32 Å². The number of thioether (sulfide) groups is 1. The highest BCUT2D eigenvalue weighted by molar-refractivity contribution is 8.00. The molecule has 0 radical (unpaired) electrons. The first-order valence-corrected chi connectivity index (χ1v) is 9.74. The number of aryl methyl sites for hydroxylation is 2. The van der Waals surface area contributed by atoms with Gasteiger partial charge in [0.15, 0.2) is 0 Å². The molecule has 24 heavy (non-hydrogen) atoms. The van der Waals surface area contributed by atoms with Crippen molar-refractivity contribution >= 4 is 55.6 Å². The second-order valence-corrected chi connectivity index (χ2v) is 8.62. The highest BCUT2D eigenvalue weighted by atomic mass is 32.2. The van der Waals surface area contributed by atoms with Crippen LogP contribution in [0.5, 0.6) is 0 Å². The van der Waals surface area contributed by atoms with Gasteiger partial charge in [0, 0.05) is 10.3 Å². The number of thiophene rings is 2. The average molecular weight is 375 g/mol. The van der Waals surface area contributed by atoms with E-state index in [0.29, 0.717) is 10.6 Å². The summed E-state index contributed by atoms with van der Waals surface area (Å²) in [5.41, 5.74) is 1.65. The van der Waals surface area contributed by atoms with Gasteiger partial charge in [0.05, 0.1) is 10.8 Å². The smallest absolute Gasteiger partial charge is 0.238 e. The predicted molar refractivity (Wildman–Crippen MR) is 99.9 cm³/mol. The Kier molecular flexibility index (Phi) is 4.85. The van der Waals surface area contributed by atoms with E-state index in [-0.39, 0.29) is 11.2 Å². The Labute approximate surface area is 151 Å². The van der Waals surface area contributed by atoms with Crippen LogP contribution in [-0.2, 0) is 4.79 Å². The van der Waals surface area contributed by atoms with Gasteiger partial charge >= 0.3 is 0 Å². The second-order valence-electron chi connectivity index (χ2n) is 5.17. The molecule has 3 heterocycles. The summed E-state index contributed by atoms with van der Waals surface area (Å²) in [5, 5.41) is 15.7. The fourth-order valence-corrected chi connectivity index (χ4v) is 4.95. The SMILES string of the molecule is Cc1sc2ncnc(S[C@H](C)C(=O)Nc3sccc3C#N)c2c1C. The number of hydrogen-bond donors (Lipinski definition) is 1. The molecule has 0 saturated heterocycles. The maximum absolute atomic E-state index is 12.4. The monoisotopic (exact) mass is 374 g/mol. The van der Waals surface area contributed by atoms with E-state index in [1.54, 1.807) is 22.8 Å². The van der Waals surface area contributed by atoms with Crippen LogP contribution in [0.3, 0.4) is 0 Å². The van der Waals surface area contributed by atoms with Crippen molar-refractivity contribution in [3.05, 3.63) is 33.8 Å². The Morgan fingerprint density at radius 2 is 2.21 bits per heavy atom. The fourth-order valence-electron chi connectivity index (χ4n) is 2.17. The third-order valence-corrected chi connectivity index (χ3v) is 6.66. The van der Waals surface area contributed by atoms with Gasteiger partial charge in [-0.25, -0.2) is 9.97 Å². The van der Waals surface area contributed by atoms with E-state index in [0.717, 1.165) is 20.8 Å². The van der Waals surface area contributed by atoms with Crippen LogP contribution < -0.4 is 5.32 Å². The minimum absolute atomic E-state index is 0.143. The van der Waals surface area contributed by atoms with Crippen molar-refractivity contribution in [3.8, 4) is 6.07 Å². The second kappa shape index (κ2) is 6.89. The van der Waals surface area contributed by atoms with E-state index in [9.17, 15) is 4.79 Å². The first kappa shape index (κ1) is 16.9. The number of rotatable bonds is 4. The molecule has 3 rings (SSSR count). The highest BCUT2D eigenvalue weighted by Crippen LogP contribution is 2.36. The lowest BCUT2D eigenvalue weighted by atomic mass is 10.2. The van der Waals surface area contributed by atoms with E-state index in [1.807, 2.05) is 6.92 Å². The lowest BCUT2D eigenvalue weighted by Gasteiger charge is -2.11. The number of carbonyl (C=O) groups excluding carboxylic acids is 1. The number of fused-ring (bicyclic) bond motifs is 1. The molecule has 0 aliphatic heterocycles. The Hall–Kier alpha value is -1.95. The average Bonchev–Trinajstić information content (AvgIpc) is 3.12. The summed E-state index contributed by atoms with van der Waals surface area (Å²) < 4.78 is 0. The summed E-state index contributed by atoms with van der Waals surface area (Å²) in [6, 6.07) is 3.77. The van der Waals surface area contributed by atoms with Gasteiger partial charge in [-0.3, -0.25) is 4.79 Å². The van der Waals surface area contributed by atoms with E-state index >= 15 is 0 Å². The Morgan fingerprint density at radius 3 is 2.96 bits per heavy atom. The summed E-state index contributed by atoms with van der Waals surface area (Å²) in [4.78, 5) is 23.3. The van der Waals surface area contributed by atoms with Crippen LogP contribution in [0.15, 0.2) is 22.8 Å². The molecule has 3 aromatic rings. The molecule has 0 fully saturated rings. The van der Waals surface area contributed by atoms with Gasteiger partial charge in [-0.15, -0.1) is 22.7 Å². The van der Waals surface area contributed by atoms with Gasteiger partial charge in [0.2, 0.25) is 5.91 Å². The van der Waals surface area contributed by atoms with Crippen LogP contribution in [0.2, 0.25) is 0 Å². The number of aromatic nitrogens is 2. The predicted octanol–water partition coefficient (Wildman–Crippen LogP) is 4.36. The molecular weight excluding hydrogens is 360 g/mol. The van der Waals surface area contributed by atoms with Crippen molar-refractivity contribution in [2.75, 3.05) is 5.32 Å². The molecule has 0 aromatic carbocycles. The first-order valence-electron chi connectivity index (χ1n) is 7.17. The van der Waals surface area contributed by atoms with Gasteiger partial charge in [-0.05, 0) is 37.8 Å². The molecule has 5 nitrogen and oxygen atoms in total. The van der Waals surface area contributed by atoms with E-state index in [2.05, 4.69) is 35.2 Å². The molecule has 1 amide bonds. The summed E-state index contributed by atoms with van der Waals surface area (Å²) >= 11 is 4.39. The van der Waals surface area contributed by atoms with Gasteiger partial charge in [0.25, 0.3) is 0 Å². The molecular formula is C16H14N4OS3. The quantitative estimate of drug-likeness (QED) is 0.542. The molecule has 0 saturated carbocycles. The topological polar surface area (TPSA) is 78.7 Å². The van der Waals surface area contributed by atoms with Crippen molar-refractivity contribution < 1.29 is 4.79 Å². The largest absolute Gasteiger partial charge is 0.316 e. The number of hydrogen-bond acceptors (Lipinski definition) is 7. The Morgan fingerprint density at radius 1 is 1.42 bits per heavy atom. The molecule has 8 heteroatoms. The molecule has 0 aliphatic rings. The summed E-state index contributed by atoms with van der Waals surface area (Å²) in [5.74, 6) is -0.143. The fraction of sp³-hybridized carbons (Fsp3) is 0.250.